The summed E-state index contributed by atoms with van der Waals surface area (Å²) in [7, 11) is 0. The SMILES string of the molecule is O=C(NCCc1ccccn1)c1ccc2cccc(O)c2n1. The third-order valence-corrected chi connectivity index (χ3v) is 3.32. The number of hydrogen-bond acceptors (Lipinski definition) is 4. The summed E-state index contributed by atoms with van der Waals surface area (Å²) in [5.74, 6) is -0.193. The van der Waals surface area contributed by atoms with Crippen LogP contribution in [0, 0.1) is 0 Å². The average Bonchev–Trinajstić information content (AvgIpc) is 2.56. The summed E-state index contributed by atoms with van der Waals surface area (Å²) < 4.78 is 0. The van der Waals surface area contributed by atoms with Crippen molar-refractivity contribution in [2.75, 3.05) is 6.54 Å². The van der Waals surface area contributed by atoms with Crippen molar-refractivity contribution in [2.45, 2.75) is 6.42 Å². The molecule has 0 aliphatic carbocycles. The number of hydrogen-bond donors (Lipinski definition) is 2. The Bertz CT molecular complexity index is 803. The Balaban J connectivity index is 1.68. The van der Waals surface area contributed by atoms with E-state index >= 15 is 0 Å². The number of para-hydroxylation sites is 1. The average molecular weight is 293 g/mol. The van der Waals surface area contributed by atoms with E-state index in [0.29, 0.717) is 18.5 Å². The molecule has 0 fully saturated rings. The smallest absolute Gasteiger partial charge is 0.269 e. The molecule has 0 aliphatic heterocycles. The topological polar surface area (TPSA) is 75.1 Å². The third kappa shape index (κ3) is 3.03. The number of aromatic nitrogens is 2. The zero-order valence-corrected chi connectivity index (χ0v) is 11.9. The summed E-state index contributed by atoms with van der Waals surface area (Å²) in [6.45, 7) is 0.482. The van der Waals surface area contributed by atoms with E-state index in [1.54, 1.807) is 30.5 Å². The van der Waals surface area contributed by atoms with Gasteiger partial charge in [0.1, 0.15) is 17.0 Å². The molecule has 110 valence electrons. The molecule has 0 bridgehead atoms. The Hall–Kier alpha value is -2.95. The van der Waals surface area contributed by atoms with Gasteiger partial charge in [-0.25, -0.2) is 4.98 Å². The molecule has 3 rings (SSSR count). The number of fused-ring (bicyclic) bond motifs is 1. The second kappa shape index (κ2) is 6.22. The number of benzene rings is 1. The molecule has 0 saturated heterocycles. The summed E-state index contributed by atoms with van der Waals surface area (Å²) in [4.78, 5) is 20.5. The van der Waals surface area contributed by atoms with Crippen molar-refractivity contribution in [2.24, 2.45) is 0 Å². The number of carbonyl (C=O) groups is 1. The highest BCUT2D eigenvalue weighted by Crippen LogP contribution is 2.22. The van der Waals surface area contributed by atoms with Crippen LogP contribution in [0.1, 0.15) is 16.2 Å². The first-order valence-electron chi connectivity index (χ1n) is 7.01. The van der Waals surface area contributed by atoms with Crippen LogP contribution < -0.4 is 5.32 Å². The van der Waals surface area contributed by atoms with Crippen molar-refractivity contribution >= 4 is 16.8 Å². The first-order valence-corrected chi connectivity index (χ1v) is 7.01. The monoisotopic (exact) mass is 293 g/mol. The minimum atomic E-state index is -0.263. The quantitative estimate of drug-likeness (QED) is 0.774. The zero-order valence-electron chi connectivity index (χ0n) is 11.9. The van der Waals surface area contributed by atoms with Crippen LogP contribution in [0.5, 0.6) is 5.75 Å². The number of nitrogens with zero attached hydrogens (tertiary/aromatic N) is 2. The van der Waals surface area contributed by atoms with Gasteiger partial charge in [-0.3, -0.25) is 9.78 Å². The molecule has 0 radical (unpaired) electrons. The van der Waals surface area contributed by atoms with E-state index in [0.717, 1.165) is 11.1 Å². The van der Waals surface area contributed by atoms with Crippen LogP contribution in [-0.2, 0) is 6.42 Å². The minimum absolute atomic E-state index is 0.0700. The van der Waals surface area contributed by atoms with Crippen LogP contribution >= 0.6 is 0 Å². The van der Waals surface area contributed by atoms with Crippen LogP contribution in [-0.4, -0.2) is 27.5 Å². The van der Waals surface area contributed by atoms with Gasteiger partial charge in [0.05, 0.1) is 0 Å². The van der Waals surface area contributed by atoms with Crippen molar-refractivity contribution in [3.63, 3.8) is 0 Å². The van der Waals surface area contributed by atoms with Gasteiger partial charge in [0.2, 0.25) is 0 Å². The van der Waals surface area contributed by atoms with Crippen molar-refractivity contribution in [3.05, 3.63) is 66.1 Å². The summed E-state index contributed by atoms with van der Waals surface area (Å²) in [5.41, 5.74) is 1.64. The molecule has 2 heterocycles. The molecular weight excluding hydrogens is 278 g/mol. The Morgan fingerprint density at radius 1 is 1.09 bits per heavy atom. The van der Waals surface area contributed by atoms with E-state index in [1.165, 1.54) is 0 Å². The summed E-state index contributed by atoms with van der Waals surface area (Å²) in [5, 5.41) is 13.4. The molecule has 5 heteroatoms. The van der Waals surface area contributed by atoms with Gasteiger partial charge in [-0.15, -0.1) is 0 Å². The van der Waals surface area contributed by atoms with Gasteiger partial charge < -0.3 is 10.4 Å². The molecule has 0 spiro atoms. The maximum absolute atomic E-state index is 12.1. The largest absolute Gasteiger partial charge is 0.506 e. The lowest BCUT2D eigenvalue weighted by Crippen LogP contribution is -2.26. The molecule has 2 aromatic heterocycles. The standard InChI is InChI=1S/C17H15N3O2/c21-15-6-3-4-12-7-8-14(20-16(12)15)17(22)19-11-9-13-5-1-2-10-18-13/h1-8,10,21H,9,11H2,(H,19,22). The van der Waals surface area contributed by atoms with E-state index < -0.39 is 0 Å². The van der Waals surface area contributed by atoms with Gasteiger partial charge in [0.15, 0.2) is 0 Å². The highest BCUT2D eigenvalue weighted by molar-refractivity contribution is 5.95. The van der Waals surface area contributed by atoms with Gasteiger partial charge in [-0.1, -0.05) is 24.3 Å². The van der Waals surface area contributed by atoms with Gasteiger partial charge in [0, 0.05) is 30.2 Å². The predicted octanol–water partition coefficient (Wildman–Crippen LogP) is 2.31. The highest BCUT2D eigenvalue weighted by Gasteiger charge is 2.09. The summed E-state index contributed by atoms with van der Waals surface area (Å²) >= 11 is 0. The lowest BCUT2D eigenvalue weighted by atomic mass is 10.2. The lowest BCUT2D eigenvalue weighted by Gasteiger charge is -2.06. The van der Waals surface area contributed by atoms with Gasteiger partial charge in [-0.2, -0.15) is 0 Å². The first kappa shape index (κ1) is 14.0. The Labute approximate surface area is 127 Å². The van der Waals surface area contributed by atoms with E-state index in [9.17, 15) is 9.90 Å². The number of aromatic hydroxyl groups is 1. The molecule has 5 nitrogen and oxygen atoms in total. The van der Waals surface area contributed by atoms with Crippen molar-refractivity contribution in [1.82, 2.24) is 15.3 Å². The molecular formula is C17H15N3O2. The van der Waals surface area contributed by atoms with Crippen molar-refractivity contribution in [3.8, 4) is 5.75 Å². The number of carbonyl (C=O) groups excluding carboxylic acids is 1. The summed E-state index contributed by atoms with van der Waals surface area (Å²) in [6, 6.07) is 14.2. The number of rotatable bonds is 4. The molecule has 0 saturated carbocycles. The number of phenols is 1. The molecule has 0 aliphatic rings. The molecule has 0 unspecified atom stereocenters. The fourth-order valence-corrected chi connectivity index (χ4v) is 2.20. The van der Waals surface area contributed by atoms with Crippen molar-refractivity contribution < 1.29 is 9.90 Å². The molecule has 22 heavy (non-hydrogen) atoms. The Kier molecular flexibility index (Phi) is 3.96. The maximum Gasteiger partial charge on any atom is 0.269 e. The van der Waals surface area contributed by atoms with Crippen molar-refractivity contribution in [1.29, 1.82) is 0 Å². The molecule has 1 amide bonds. The van der Waals surface area contributed by atoms with E-state index in [4.69, 9.17) is 0 Å². The molecule has 1 aromatic carbocycles. The van der Waals surface area contributed by atoms with E-state index in [-0.39, 0.29) is 17.4 Å². The highest BCUT2D eigenvalue weighted by atomic mass is 16.3. The van der Waals surface area contributed by atoms with Crippen LogP contribution in [0.15, 0.2) is 54.7 Å². The Morgan fingerprint density at radius 2 is 2.00 bits per heavy atom. The zero-order chi connectivity index (χ0) is 15.4. The van der Waals surface area contributed by atoms with Crippen LogP contribution in [0.4, 0.5) is 0 Å². The number of pyridine rings is 2. The van der Waals surface area contributed by atoms with Crippen LogP contribution in [0.2, 0.25) is 0 Å². The predicted molar refractivity (Wildman–Crippen MR) is 83.7 cm³/mol. The number of phenolic OH excluding ortho intramolecular Hbond substituents is 1. The van der Waals surface area contributed by atoms with Crippen LogP contribution in [0.25, 0.3) is 10.9 Å². The maximum atomic E-state index is 12.1. The molecule has 3 aromatic rings. The van der Waals surface area contributed by atoms with Gasteiger partial charge in [-0.05, 0) is 24.3 Å². The summed E-state index contributed by atoms with van der Waals surface area (Å²) in [6.07, 6.45) is 2.39. The number of nitrogens with one attached hydrogen (secondary N) is 1. The Morgan fingerprint density at radius 3 is 2.82 bits per heavy atom. The first-order chi connectivity index (χ1) is 10.7. The van der Waals surface area contributed by atoms with E-state index in [1.807, 2.05) is 24.3 Å². The third-order valence-electron chi connectivity index (χ3n) is 3.32. The number of amides is 1. The van der Waals surface area contributed by atoms with Gasteiger partial charge >= 0.3 is 0 Å². The van der Waals surface area contributed by atoms with Gasteiger partial charge in [0.25, 0.3) is 5.91 Å². The van der Waals surface area contributed by atoms with E-state index in [2.05, 4.69) is 15.3 Å². The van der Waals surface area contributed by atoms with Crippen LogP contribution in [0.3, 0.4) is 0 Å². The lowest BCUT2D eigenvalue weighted by molar-refractivity contribution is 0.0949. The molecule has 0 atom stereocenters. The fraction of sp³-hybridized carbons (Fsp3) is 0.118. The normalized spacial score (nSPS) is 10.5. The second-order valence-corrected chi connectivity index (χ2v) is 4.87. The molecule has 2 N–H and O–H groups in total. The minimum Gasteiger partial charge on any atom is -0.506 e. The fourth-order valence-electron chi connectivity index (χ4n) is 2.20. The second-order valence-electron chi connectivity index (χ2n) is 4.87.